The normalized spacial score (nSPS) is 18.5. The summed E-state index contributed by atoms with van der Waals surface area (Å²) in [6, 6.07) is 52.1. The largest absolute Gasteiger partial charge is 0.485 e. The fourth-order valence-corrected chi connectivity index (χ4v) is 9.93. The van der Waals surface area contributed by atoms with Crippen molar-refractivity contribution in [3.8, 4) is 50.8 Å². The topological polar surface area (TPSA) is 44.2 Å². The number of aromatic nitrogens is 2. The van der Waals surface area contributed by atoms with Crippen LogP contribution in [-0.2, 0) is 5.41 Å². The van der Waals surface area contributed by atoms with Crippen LogP contribution in [0.5, 0.6) is 17.2 Å². The highest BCUT2D eigenvalue weighted by molar-refractivity contribution is 5.93. The van der Waals surface area contributed by atoms with E-state index < -0.39 is 5.41 Å². The van der Waals surface area contributed by atoms with Crippen LogP contribution in [0.1, 0.15) is 58.1 Å². The van der Waals surface area contributed by atoms with Crippen LogP contribution in [-0.4, -0.2) is 16.1 Å². The maximum atomic E-state index is 7.10. The van der Waals surface area contributed by atoms with Gasteiger partial charge in [-0.25, -0.2) is 9.97 Å². The molecule has 0 bridgehead atoms. The highest BCUT2D eigenvalue weighted by atomic mass is 16.5. The van der Waals surface area contributed by atoms with Crippen molar-refractivity contribution in [2.45, 2.75) is 30.3 Å². The first kappa shape index (κ1) is 32.2. The summed E-state index contributed by atoms with van der Waals surface area (Å²) in [7, 11) is 0. The lowest BCUT2D eigenvalue weighted by atomic mass is 9.65. The van der Waals surface area contributed by atoms with Gasteiger partial charge in [-0.15, -0.1) is 0 Å². The molecule has 5 aliphatic rings. The van der Waals surface area contributed by atoms with Gasteiger partial charge in [-0.05, 0) is 58.0 Å². The standard InChI is InChI=1S/C53H36N2O2/c1-2-15-33(16-3-1)52-54-46(34-29-30-40-39-21-8-12-27-48(39)56-50(40)31-34)32-47(55-52)38-20-5-4-17-35(38)41-22-14-26-45-51(41)57-49-28-13-11-25-44(49)53(45)42-23-9-6-18-36(42)37-19-7-10-24-43(37)53/h1-15,17-30,32-33,50H,16,31H2. The van der Waals surface area contributed by atoms with Crippen molar-refractivity contribution in [1.82, 2.24) is 9.97 Å². The highest BCUT2D eigenvalue weighted by Crippen LogP contribution is 2.63. The van der Waals surface area contributed by atoms with Crippen molar-refractivity contribution in [3.63, 3.8) is 0 Å². The number of para-hydroxylation sites is 3. The smallest absolute Gasteiger partial charge is 0.140 e. The number of fused-ring (bicyclic) bond motifs is 12. The Bertz CT molecular complexity index is 2900. The van der Waals surface area contributed by atoms with Gasteiger partial charge in [0.05, 0.1) is 16.8 Å². The van der Waals surface area contributed by atoms with Crippen molar-refractivity contribution in [2.24, 2.45) is 0 Å². The van der Waals surface area contributed by atoms with E-state index in [-0.39, 0.29) is 12.0 Å². The van der Waals surface area contributed by atoms with Crippen molar-refractivity contribution in [3.05, 3.63) is 221 Å². The van der Waals surface area contributed by atoms with Crippen LogP contribution in [0.15, 0.2) is 182 Å². The molecule has 6 aromatic carbocycles. The molecule has 0 N–H and O–H groups in total. The monoisotopic (exact) mass is 732 g/mol. The van der Waals surface area contributed by atoms with Gasteiger partial charge in [-0.1, -0.05) is 164 Å². The Labute approximate surface area is 331 Å². The van der Waals surface area contributed by atoms with Gasteiger partial charge in [0.1, 0.15) is 29.2 Å². The van der Waals surface area contributed by atoms with Gasteiger partial charge >= 0.3 is 0 Å². The van der Waals surface area contributed by atoms with Crippen LogP contribution >= 0.6 is 0 Å². The number of benzene rings is 6. The Balaban J connectivity index is 1.05. The van der Waals surface area contributed by atoms with E-state index in [2.05, 4.69) is 176 Å². The van der Waals surface area contributed by atoms with Crippen molar-refractivity contribution < 1.29 is 9.47 Å². The predicted octanol–water partition coefficient (Wildman–Crippen LogP) is 12.5. The molecular weight excluding hydrogens is 697 g/mol. The summed E-state index contributed by atoms with van der Waals surface area (Å²) < 4.78 is 13.6. The minimum absolute atomic E-state index is 0.0388. The third-order valence-corrected chi connectivity index (χ3v) is 12.4. The molecule has 0 saturated heterocycles. The van der Waals surface area contributed by atoms with E-state index in [1.807, 2.05) is 6.07 Å². The molecule has 0 saturated carbocycles. The summed E-state index contributed by atoms with van der Waals surface area (Å²) in [5.41, 5.74) is 15.3. The molecule has 7 aromatic rings. The van der Waals surface area contributed by atoms with Crippen molar-refractivity contribution in [1.29, 1.82) is 0 Å². The average molecular weight is 733 g/mol. The zero-order valence-corrected chi connectivity index (χ0v) is 31.1. The molecule has 1 aromatic heterocycles. The second-order valence-electron chi connectivity index (χ2n) is 15.4. The van der Waals surface area contributed by atoms with Crippen molar-refractivity contribution in [2.75, 3.05) is 0 Å². The molecule has 57 heavy (non-hydrogen) atoms. The van der Waals surface area contributed by atoms with Crippen LogP contribution in [0.25, 0.3) is 44.7 Å². The van der Waals surface area contributed by atoms with E-state index >= 15 is 0 Å². The van der Waals surface area contributed by atoms with E-state index in [4.69, 9.17) is 19.4 Å². The van der Waals surface area contributed by atoms with E-state index in [0.29, 0.717) is 0 Å². The molecule has 0 amide bonds. The van der Waals surface area contributed by atoms with Gasteiger partial charge in [0.25, 0.3) is 0 Å². The fourth-order valence-electron chi connectivity index (χ4n) is 9.93. The van der Waals surface area contributed by atoms with Gasteiger partial charge in [0.2, 0.25) is 0 Å². The lowest BCUT2D eigenvalue weighted by molar-refractivity contribution is 0.281. The third-order valence-electron chi connectivity index (χ3n) is 12.4. The number of rotatable bonds is 4. The lowest BCUT2D eigenvalue weighted by Gasteiger charge is -2.40. The molecule has 0 radical (unpaired) electrons. The highest BCUT2D eigenvalue weighted by Gasteiger charge is 2.51. The van der Waals surface area contributed by atoms with Crippen LogP contribution in [0, 0.1) is 0 Å². The van der Waals surface area contributed by atoms with Crippen LogP contribution in [0.4, 0.5) is 0 Å². The molecular formula is C53H36N2O2. The SMILES string of the molecule is C1=CCC(c2nc(C3=CC=C4c5ccccc5OC4C3)cc(-c3ccccc3-c3cccc4c3Oc3ccccc3C43c4ccccc4-c4ccccc43)n2)C=C1. The number of hydrogen-bond acceptors (Lipinski definition) is 4. The van der Waals surface area contributed by atoms with Crippen LogP contribution < -0.4 is 9.47 Å². The molecule has 1 spiro atoms. The second-order valence-corrected chi connectivity index (χ2v) is 15.4. The molecule has 3 heterocycles. The quantitative estimate of drug-likeness (QED) is 0.181. The Morgan fingerprint density at radius 2 is 1.16 bits per heavy atom. The van der Waals surface area contributed by atoms with Gasteiger partial charge in [0.15, 0.2) is 0 Å². The Kier molecular flexibility index (Phi) is 7.06. The lowest BCUT2D eigenvalue weighted by Crippen LogP contribution is -2.32. The first-order chi connectivity index (χ1) is 28.3. The maximum Gasteiger partial charge on any atom is 0.140 e. The third kappa shape index (κ3) is 4.74. The molecule has 3 aliphatic carbocycles. The van der Waals surface area contributed by atoms with E-state index in [0.717, 1.165) is 80.7 Å². The van der Waals surface area contributed by atoms with E-state index in [1.165, 1.54) is 33.4 Å². The minimum Gasteiger partial charge on any atom is -0.485 e. The zero-order chi connectivity index (χ0) is 37.5. The Morgan fingerprint density at radius 3 is 1.93 bits per heavy atom. The Hall–Kier alpha value is -7.04. The molecule has 2 atom stereocenters. The molecule has 4 heteroatoms. The fraction of sp³-hybridized carbons (Fsp3) is 0.0943. The average Bonchev–Trinajstić information content (AvgIpc) is 3.80. The summed E-state index contributed by atoms with van der Waals surface area (Å²) in [4.78, 5) is 10.7. The number of ether oxygens (including phenoxy) is 2. The Morgan fingerprint density at radius 1 is 0.526 bits per heavy atom. The maximum absolute atomic E-state index is 7.10. The van der Waals surface area contributed by atoms with E-state index in [1.54, 1.807) is 0 Å². The molecule has 12 rings (SSSR count). The number of hydrogen-bond donors (Lipinski definition) is 0. The molecule has 4 nitrogen and oxygen atoms in total. The van der Waals surface area contributed by atoms with Gasteiger partial charge in [-0.2, -0.15) is 0 Å². The minimum atomic E-state index is -0.541. The molecule has 2 unspecified atom stereocenters. The first-order valence-corrected chi connectivity index (χ1v) is 19.9. The summed E-state index contributed by atoms with van der Waals surface area (Å²) in [6.45, 7) is 0. The first-order valence-electron chi connectivity index (χ1n) is 19.9. The number of allylic oxidation sites excluding steroid dienone is 6. The van der Waals surface area contributed by atoms with Crippen LogP contribution in [0.2, 0.25) is 0 Å². The van der Waals surface area contributed by atoms with Gasteiger partial charge < -0.3 is 9.47 Å². The summed E-state index contributed by atoms with van der Waals surface area (Å²) in [5.74, 6) is 3.59. The molecule has 2 aliphatic heterocycles. The summed E-state index contributed by atoms with van der Waals surface area (Å²) in [5, 5.41) is 0. The van der Waals surface area contributed by atoms with Crippen molar-refractivity contribution >= 4 is 11.1 Å². The predicted molar refractivity (Wildman–Crippen MR) is 227 cm³/mol. The zero-order valence-electron chi connectivity index (χ0n) is 31.1. The second kappa shape index (κ2) is 12.5. The van der Waals surface area contributed by atoms with E-state index in [9.17, 15) is 0 Å². The number of nitrogens with zero attached hydrogens (tertiary/aromatic N) is 2. The molecule has 270 valence electrons. The van der Waals surface area contributed by atoms with Gasteiger partial charge in [-0.3, -0.25) is 0 Å². The summed E-state index contributed by atoms with van der Waals surface area (Å²) in [6.07, 6.45) is 14.6. The summed E-state index contributed by atoms with van der Waals surface area (Å²) >= 11 is 0. The molecule has 0 fully saturated rings. The van der Waals surface area contributed by atoms with Gasteiger partial charge in [0, 0.05) is 45.7 Å². The van der Waals surface area contributed by atoms with Crippen LogP contribution in [0.3, 0.4) is 0 Å².